The molecule has 9 nitrogen and oxygen atoms in total. The number of ether oxygens (including phenoxy) is 2. The van der Waals surface area contributed by atoms with E-state index >= 15 is 0 Å². The Morgan fingerprint density at radius 2 is 2.03 bits per heavy atom. The number of amides is 1. The Morgan fingerprint density at radius 1 is 1.23 bits per heavy atom. The summed E-state index contributed by atoms with van der Waals surface area (Å²) in [4.78, 5) is 23.3. The molecule has 1 aromatic carbocycles. The maximum absolute atomic E-state index is 12.4. The van der Waals surface area contributed by atoms with E-state index in [9.17, 15) is 4.79 Å². The molecule has 0 bridgehead atoms. The Labute approximate surface area is 174 Å². The van der Waals surface area contributed by atoms with Gasteiger partial charge in [0.15, 0.2) is 5.82 Å². The number of nitrogens with one attached hydrogen (secondary N) is 2. The number of aromatic nitrogens is 4. The highest BCUT2D eigenvalue weighted by atomic mass is 16.6. The SMILES string of the molecule is COc1nc2ccccc2cc1-c1n[nH]c([C@@H]2CN(C(=O)OC(C)(C)C)CCN2)n1. The zero-order chi connectivity index (χ0) is 21.3. The molecule has 4 rings (SSSR count). The van der Waals surface area contributed by atoms with Gasteiger partial charge in [0.2, 0.25) is 5.88 Å². The van der Waals surface area contributed by atoms with Crippen molar-refractivity contribution in [2.75, 3.05) is 26.7 Å². The van der Waals surface area contributed by atoms with Crippen LogP contribution in [0, 0.1) is 0 Å². The van der Waals surface area contributed by atoms with E-state index in [0.29, 0.717) is 42.7 Å². The molecular weight excluding hydrogens is 384 g/mol. The molecule has 0 radical (unpaired) electrons. The fraction of sp³-hybridized carbons (Fsp3) is 0.429. The van der Waals surface area contributed by atoms with Crippen molar-refractivity contribution in [2.45, 2.75) is 32.4 Å². The molecule has 1 saturated heterocycles. The predicted octanol–water partition coefficient (Wildman–Crippen LogP) is 2.91. The van der Waals surface area contributed by atoms with Crippen molar-refractivity contribution in [1.29, 1.82) is 0 Å². The molecule has 0 saturated carbocycles. The summed E-state index contributed by atoms with van der Waals surface area (Å²) >= 11 is 0. The minimum atomic E-state index is -0.531. The summed E-state index contributed by atoms with van der Waals surface area (Å²) in [6, 6.07) is 9.61. The number of rotatable bonds is 3. The lowest BCUT2D eigenvalue weighted by Crippen LogP contribution is -2.50. The van der Waals surface area contributed by atoms with Crippen molar-refractivity contribution in [3.8, 4) is 17.3 Å². The van der Waals surface area contributed by atoms with Crippen molar-refractivity contribution in [3.63, 3.8) is 0 Å². The van der Waals surface area contributed by atoms with Crippen LogP contribution in [0.25, 0.3) is 22.3 Å². The van der Waals surface area contributed by atoms with E-state index < -0.39 is 5.60 Å². The molecule has 3 aromatic rings. The molecule has 2 aromatic heterocycles. The molecule has 0 unspecified atom stereocenters. The molecule has 0 aliphatic carbocycles. The van der Waals surface area contributed by atoms with Crippen molar-refractivity contribution >= 4 is 17.0 Å². The van der Waals surface area contributed by atoms with Crippen LogP contribution in [0.15, 0.2) is 30.3 Å². The number of pyridine rings is 1. The summed E-state index contributed by atoms with van der Waals surface area (Å²) in [7, 11) is 1.58. The van der Waals surface area contributed by atoms with Crippen LogP contribution in [0.4, 0.5) is 4.79 Å². The topological polar surface area (TPSA) is 105 Å². The van der Waals surface area contributed by atoms with E-state index in [1.165, 1.54) is 0 Å². The number of piperazine rings is 1. The zero-order valence-corrected chi connectivity index (χ0v) is 17.6. The van der Waals surface area contributed by atoms with E-state index in [1.54, 1.807) is 12.0 Å². The summed E-state index contributed by atoms with van der Waals surface area (Å²) in [5.41, 5.74) is 1.02. The average Bonchev–Trinajstić information content (AvgIpc) is 3.22. The Morgan fingerprint density at radius 3 is 2.80 bits per heavy atom. The van der Waals surface area contributed by atoms with Crippen molar-refractivity contribution in [3.05, 3.63) is 36.2 Å². The number of hydrogen-bond donors (Lipinski definition) is 2. The first kappa shape index (κ1) is 20.1. The minimum absolute atomic E-state index is 0.174. The standard InChI is InChI=1S/C21H26N6O3/c1-21(2,3)30-20(28)27-10-9-22-16(12-27)18-24-17(25-26-18)14-11-13-7-5-6-8-15(13)23-19(14)29-4/h5-8,11,16,22H,9-10,12H2,1-4H3,(H,24,25,26)/t16-/m0/s1. The van der Waals surface area contributed by atoms with Crippen LogP contribution in [0.5, 0.6) is 5.88 Å². The second kappa shape index (κ2) is 7.91. The summed E-state index contributed by atoms with van der Waals surface area (Å²) in [5, 5.41) is 11.7. The van der Waals surface area contributed by atoms with Crippen molar-refractivity contribution in [1.82, 2.24) is 30.4 Å². The van der Waals surface area contributed by atoms with E-state index in [2.05, 4.69) is 25.5 Å². The van der Waals surface area contributed by atoms with Crippen LogP contribution in [0.3, 0.4) is 0 Å². The van der Waals surface area contributed by atoms with Crippen LogP contribution in [-0.4, -0.2) is 63.5 Å². The van der Waals surface area contributed by atoms with Gasteiger partial charge in [-0.2, -0.15) is 5.10 Å². The Bertz CT molecular complexity index is 1060. The third-order valence-corrected chi connectivity index (χ3v) is 4.78. The summed E-state index contributed by atoms with van der Waals surface area (Å²) in [5.74, 6) is 1.61. The second-order valence-electron chi connectivity index (χ2n) is 8.22. The van der Waals surface area contributed by atoms with E-state index in [4.69, 9.17) is 9.47 Å². The van der Waals surface area contributed by atoms with Gasteiger partial charge >= 0.3 is 6.09 Å². The first-order chi connectivity index (χ1) is 14.3. The predicted molar refractivity (Wildman–Crippen MR) is 112 cm³/mol. The van der Waals surface area contributed by atoms with Gasteiger partial charge in [-0.05, 0) is 32.9 Å². The maximum atomic E-state index is 12.4. The molecule has 3 heterocycles. The smallest absolute Gasteiger partial charge is 0.410 e. The fourth-order valence-corrected chi connectivity index (χ4v) is 3.39. The van der Waals surface area contributed by atoms with Gasteiger partial charge < -0.3 is 19.7 Å². The molecule has 158 valence electrons. The molecule has 1 aliphatic heterocycles. The summed E-state index contributed by atoms with van der Waals surface area (Å²) < 4.78 is 11.0. The normalized spacial score (nSPS) is 17.2. The van der Waals surface area contributed by atoms with Crippen LogP contribution in [0.1, 0.15) is 32.6 Å². The number of hydrogen-bond acceptors (Lipinski definition) is 7. The van der Waals surface area contributed by atoms with Gasteiger partial charge in [0.05, 0.1) is 24.2 Å². The van der Waals surface area contributed by atoms with Crippen LogP contribution < -0.4 is 10.1 Å². The number of aromatic amines is 1. The van der Waals surface area contributed by atoms with E-state index in [0.717, 1.165) is 10.9 Å². The van der Waals surface area contributed by atoms with Crippen molar-refractivity contribution < 1.29 is 14.3 Å². The van der Waals surface area contributed by atoms with Gasteiger partial charge in [-0.3, -0.25) is 5.10 Å². The van der Waals surface area contributed by atoms with Crippen LogP contribution >= 0.6 is 0 Å². The van der Waals surface area contributed by atoms with Crippen LogP contribution in [0.2, 0.25) is 0 Å². The Balaban J connectivity index is 1.57. The molecule has 1 aliphatic rings. The van der Waals surface area contributed by atoms with Gasteiger partial charge in [-0.1, -0.05) is 18.2 Å². The zero-order valence-electron chi connectivity index (χ0n) is 17.6. The lowest BCUT2D eigenvalue weighted by Gasteiger charge is -2.33. The first-order valence-corrected chi connectivity index (χ1v) is 9.92. The number of carbonyl (C=O) groups excluding carboxylic acids is 1. The third kappa shape index (κ3) is 4.20. The van der Waals surface area contributed by atoms with Gasteiger partial charge in [0.1, 0.15) is 11.4 Å². The molecule has 1 fully saturated rings. The van der Waals surface area contributed by atoms with Gasteiger partial charge in [-0.25, -0.2) is 14.8 Å². The van der Waals surface area contributed by atoms with Gasteiger partial charge in [-0.15, -0.1) is 0 Å². The molecule has 1 amide bonds. The first-order valence-electron chi connectivity index (χ1n) is 9.92. The fourth-order valence-electron chi connectivity index (χ4n) is 3.39. The van der Waals surface area contributed by atoms with E-state index in [1.807, 2.05) is 51.1 Å². The maximum Gasteiger partial charge on any atom is 0.410 e. The monoisotopic (exact) mass is 410 g/mol. The number of para-hydroxylation sites is 1. The molecule has 30 heavy (non-hydrogen) atoms. The number of H-pyrrole nitrogens is 1. The lowest BCUT2D eigenvalue weighted by atomic mass is 10.1. The number of benzene rings is 1. The van der Waals surface area contributed by atoms with Gasteiger partial charge in [0, 0.05) is 25.0 Å². The molecule has 0 spiro atoms. The van der Waals surface area contributed by atoms with E-state index in [-0.39, 0.29) is 12.1 Å². The Hall–Kier alpha value is -3.20. The van der Waals surface area contributed by atoms with Gasteiger partial charge in [0.25, 0.3) is 0 Å². The molecule has 2 N–H and O–H groups in total. The highest BCUT2D eigenvalue weighted by Crippen LogP contribution is 2.30. The molecule has 1 atom stereocenters. The summed E-state index contributed by atoms with van der Waals surface area (Å²) in [6.07, 6.45) is -0.325. The van der Waals surface area contributed by atoms with Crippen molar-refractivity contribution in [2.24, 2.45) is 0 Å². The number of carbonyl (C=O) groups is 1. The number of nitrogens with zero attached hydrogens (tertiary/aromatic N) is 4. The number of methoxy groups -OCH3 is 1. The van der Waals surface area contributed by atoms with Crippen LogP contribution in [-0.2, 0) is 4.74 Å². The molecular formula is C21H26N6O3. The highest BCUT2D eigenvalue weighted by molar-refractivity contribution is 5.84. The average molecular weight is 410 g/mol. The molecule has 9 heteroatoms. The lowest BCUT2D eigenvalue weighted by molar-refractivity contribution is 0.0192. The quantitative estimate of drug-likeness (QED) is 0.684. The summed E-state index contributed by atoms with van der Waals surface area (Å²) in [6.45, 7) is 7.24. The number of fused-ring (bicyclic) bond motifs is 1. The third-order valence-electron chi connectivity index (χ3n) is 4.78. The Kier molecular flexibility index (Phi) is 5.29. The largest absolute Gasteiger partial charge is 0.480 e. The second-order valence-corrected chi connectivity index (χ2v) is 8.22. The highest BCUT2D eigenvalue weighted by Gasteiger charge is 2.30. The minimum Gasteiger partial charge on any atom is -0.480 e.